The summed E-state index contributed by atoms with van der Waals surface area (Å²) in [5.74, 6) is -1.04. The Bertz CT molecular complexity index is 592. The minimum absolute atomic E-state index is 0.0278. The van der Waals surface area contributed by atoms with Crippen LogP contribution in [-0.4, -0.2) is 45.8 Å². The van der Waals surface area contributed by atoms with E-state index in [1.165, 1.54) is 6.20 Å². The van der Waals surface area contributed by atoms with Crippen molar-refractivity contribution in [2.24, 2.45) is 0 Å². The molecule has 2 rings (SSSR count). The molecule has 6 heteroatoms. The third-order valence-corrected chi connectivity index (χ3v) is 2.82. The maximum absolute atomic E-state index is 10.9. The molecule has 2 heterocycles. The van der Waals surface area contributed by atoms with E-state index in [4.69, 9.17) is 10.2 Å². The van der Waals surface area contributed by atoms with E-state index < -0.39 is 5.97 Å². The van der Waals surface area contributed by atoms with Crippen LogP contribution in [0.5, 0.6) is 0 Å². The van der Waals surface area contributed by atoms with Gasteiger partial charge in [0.25, 0.3) is 0 Å². The van der Waals surface area contributed by atoms with Crippen molar-refractivity contribution in [3.8, 4) is 0 Å². The molecule has 0 spiro atoms. The number of aryl methyl sites for hydroxylation is 1. The predicted octanol–water partition coefficient (Wildman–Crippen LogP) is 0.769. The lowest BCUT2D eigenvalue weighted by atomic mass is 10.2. The number of anilines is 1. The number of aliphatic hydroxyl groups excluding tert-OH is 1. The fourth-order valence-electron chi connectivity index (χ4n) is 1.84. The first kappa shape index (κ1) is 12.4. The summed E-state index contributed by atoms with van der Waals surface area (Å²) in [7, 11) is 1.87. The summed E-state index contributed by atoms with van der Waals surface area (Å²) in [6.45, 7) is 2.47. The van der Waals surface area contributed by atoms with Gasteiger partial charge in [-0.2, -0.15) is 0 Å². The molecule has 0 aromatic carbocycles. The number of hydrogen-bond acceptors (Lipinski definition) is 4. The maximum Gasteiger partial charge on any atom is 0.356 e. The quantitative estimate of drug-likeness (QED) is 0.836. The Morgan fingerprint density at radius 1 is 1.50 bits per heavy atom. The van der Waals surface area contributed by atoms with Gasteiger partial charge in [0.1, 0.15) is 5.65 Å². The van der Waals surface area contributed by atoms with E-state index in [-0.39, 0.29) is 12.3 Å². The van der Waals surface area contributed by atoms with Gasteiger partial charge in [-0.15, -0.1) is 0 Å². The molecule has 0 amide bonds. The van der Waals surface area contributed by atoms with Gasteiger partial charge in [-0.25, -0.2) is 9.78 Å². The fraction of sp³-hybridized carbons (Fsp3) is 0.333. The zero-order valence-electron chi connectivity index (χ0n) is 10.3. The van der Waals surface area contributed by atoms with Crippen LogP contribution < -0.4 is 4.90 Å². The smallest absolute Gasteiger partial charge is 0.356 e. The van der Waals surface area contributed by atoms with Gasteiger partial charge in [0, 0.05) is 26.0 Å². The Labute approximate surface area is 104 Å². The second kappa shape index (κ2) is 4.66. The molecule has 2 aromatic rings. The van der Waals surface area contributed by atoms with Crippen LogP contribution in [0.1, 0.15) is 16.1 Å². The number of aliphatic hydroxyl groups is 1. The van der Waals surface area contributed by atoms with Crippen molar-refractivity contribution in [3.05, 3.63) is 29.7 Å². The maximum atomic E-state index is 10.9. The summed E-state index contributed by atoms with van der Waals surface area (Å²) >= 11 is 0. The second-order valence-corrected chi connectivity index (χ2v) is 4.19. The Morgan fingerprint density at radius 2 is 2.22 bits per heavy atom. The first-order chi connectivity index (χ1) is 8.52. The summed E-state index contributed by atoms with van der Waals surface area (Å²) in [6, 6.07) is 1.92. The van der Waals surface area contributed by atoms with Crippen LogP contribution in [-0.2, 0) is 0 Å². The molecule has 0 saturated carbocycles. The summed E-state index contributed by atoms with van der Waals surface area (Å²) in [6.07, 6.45) is 3.29. The molecule has 0 radical (unpaired) electrons. The first-order valence-corrected chi connectivity index (χ1v) is 5.57. The summed E-state index contributed by atoms with van der Waals surface area (Å²) < 4.78 is 1.70. The van der Waals surface area contributed by atoms with Gasteiger partial charge in [0.15, 0.2) is 5.69 Å². The third kappa shape index (κ3) is 2.14. The second-order valence-electron chi connectivity index (χ2n) is 4.19. The first-order valence-electron chi connectivity index (χ1n) is 5.57. The molecule has 6 nitrogen and oxygen atoms in total. The van der Waals surface area contributed by atoms with Crippen molar-refractivity contribution in [1.29, 1.82) is 0 Å². The average molecular weight is 249 g/mol. The topological polar surface area (TPSA) is 78.1 Å². The molecule has 0 unspecified atom stereocenters. The van der Waals surface area contributed by atoms with Crippen LogP contribution >= 0.6 is 0 Å². The Morgan fingerprint density at radius 3 is 2.83 bits per heavy atom. The highest BCUT2D eigenvalue weighted by Crippen LogP contribution is 2.19. The summed E-state index contributed by atoms with van der Waals surface area (Å²) in [5, 5.41) is 17.8. The Hall–Kier alpha value is -2.08. The number of carbonyl (C=O) groups is 1. The molecule has 0 atom stereocenters. The van der Waals surface area contributed by atoms with Gasteiger partial charge in [-0.05, 0) is 18.6 Å². The molecule has 0 fully saturated rings. The molecule has 0 saturated heterocycles. The van der Waals surface area contributed by atoms with Crippen LogP contribution in [0.4, 0.5) is 5.69 Å². The molecular weight excluding hydrogens is 234 g/mol. The average Bonchev–Trinajstić information content (AvgIpc) is 2.73. The van der Waals surface area contributed by atoms with E-state index >= 15 is 0 Å². The molecule has 2 aromatic heterocycles. The van der Waals surface area contributed by atoms with E-state index in [2.05, 4.69) is 4.98 Å². The predicted molar refractivity (Wildman–Crippen MR) is 67.2 cm³/mol. The number of hydrogen-bond donors (Lipinski definition) is 2. The lowest BCUT2D eigenvalue weighted by molar-refractivity contribution is 0.0691. The van der Waals surface area contributed by atoms with Gasteiger partial charge < -0.3 is 19.5 Å². The van der Waals surface area contributed by atoms with E-state index in [0.717, 1.165) is 11.3 Å². The van der Waals surface area contributed by atoms with Gasteiger partial charge in [-0.1, -0.05) is 0 Å². The molecule has 0 bridgehead atoms. The van der Waals surface area contributed by atoms with Crippen molar-refractivity contribution in [2.75, 3.05) is 25.1 Å². The molecule has 96 valence electrons. The number of carboxylic acids is 1. The third-order valence-electron chi connectivity index (χ3n) is 2.82. The van der Waals surface area contributed by atoms with Gasteiger partial charge in [0.2, 0.25) is 0 Å². The number of rotatable bonds is 4. The lowest BCUT2D eigenvalue weighted by Crippen LogP contribution is -2.21. The number of aromatic nitrogens is 2. The zero-order valence-corrected chi connectivity index (χ0v) is 10.3. The van der Waals surface area contributed by atoms with Crippen LogP contribution in [0.3, 0.4) is 0 Å². The van der Waals surface area contributed by atoms with Crippen molar-refractivity contribution >= 4 is 17.3 Å². The SMILES string of the molecule is Cc1cc(N(C)CCO)cn2cc(C(=O)O)nc12. The van der Waals surface area contributed by atoms with Crippen LogP contribution in [0.2, 0.25) is 0 Å². The highest BCUT2D eigenvalue weighted by Gasteiger charge is 2.12. The van der Waals surface area contributed by atoms with Crippen molar-refractivity contribution < 1.29 is 15.0 Å². The van der Waals surface area contributed by atoms with Gasteiger partial charge in [0.05, 0.1) is 12.3 Å². The molecule has 18 heavy (non-hydrogen) atoms. The van der Waals surface area contributed by atoms with Crippen molar-refractivity contribution in [3.63, 3.8) is 0 Å². The summed E-state index contributed by atoms with van der Waals surface area (Å²) in [5.41, 5.74) is 2.46. The minimum atomic E-state index is -1.04. The van der Waals surface area contributed by atoms with E-state index in [9.17, 15) is 4.79 Å². The van der Waals surface area contributed by atoms with Crippen molar-refractivity contribution in [1.82, 2.24) is 9.38 Å². The number of imidazole rings is 1. The standard InChI is InChI=1S/C12H15N3O3/c1-8-5-9(14(2)3-4-16)6-15-7-10(12(17)18)13-11(8)15/h5-7,16H,3-4H2,1-2H3,(H,17,18). The number of pyridine rings is 1. The van der Waals surface area contributed by atoms with E-state index in [1.807, 2.05) is 24.9 Å². The van der Waals surface area contributed by atoms with Gasteiger partial charge >= 0.3 is 5.97 Å². The van der Waals surface area contributed by atoms with Crippen LogP contribution in [0.25, 0.3) is 5.65 Å². The minimum Gasteiger partial charge on any atom is -0.476 e. The highest BCUT2D eigenvalue weighted by atomic mass is 16.4. The number of fused-ring (bicyclic) bond motifs is 1. The molecular formula is C12H15N3O3. The Balaban J connectivity index is 2.51. The molecule has 0 aliphatic carbocycles. The lowest BCUT2D eigenvalue weighted by Gasteiger charge is -2.18. The number of nitrogens with zero attached hydrogens (tertiary/aromatic N) is 3. The van der Waals surface area contributed by atoms with Gasteiger partial charge in [-0.3, -0.25) is 0 Å². The monoisotopic (exact) mass is 249 g/mol. The highest BCUT2D eigenvalue weighted by molar-refractivity contribution is 5.86. The van der Waals surface area contributed by atoms with Crippen molar-refractivity contribution in [2.45, 2.75) is 6.92 Å². The molecule has 0 aliphatic rings. The van der Waals surface area contributed by atoms with Crippen LogP contribution in [0.15, 0.2) is 18.5 Å². The number of carboxylic acid groups (broad SMARTS) is 1. The number of aromatic carboxylic acids is 1. The normalized spacial score (nSPS) is 10.8. The van der Waals surface area contributed by atoms with E-state index in [0.29, 0.717) is 12.2 Å². The molecule has 0 aliphatic heterocycles. The largest absolute Gasteiger partial charge is 0.476 e. The molecule has 2 N–H and O–H groups in total. The van der Waals surface area contributed by atoms with Crippen LogP contribution in [0, 0.1) is 6.92 Å². The van der Waals surface area contributed by atoms with E-state index in [1.54, 1.807) is 10.6 Å². The Kier molecular flexibility index (Phi) is 3.20. The number of likely N-dealkylation sites (N-methyl/N-ethyl adjacent to an activating group) is 1. The summed E-state index contributed by atoms with van der Waals surface area (Å²) in [4.78, 5) is 16.8. The zero-order chi connectivity index (χ0) is 13.3. The fourth-order valence-corrected chi connectivity index (χ4v) is 1.84.